The number of benzene rings is 1. The molecule has 1 fully saturated rings. The van der Waals surface area contributed by atoms with E-state index in [4.69, 9.17) is 0 Å². The van der Waals surface area contributed by atoms with Crippen LogP contribution in [0.4, 0.5) is 0 Å². The van der Waals surface area contributed by atoms with E-state index in [1.165, 1.54) is 60.9 Å². The van der Waals surface area contributed by atoms with Crippen LogP contribution in [0, 0.1) is 5.92 Å². The second-order valence-corrected chi connectivity index (χ2v) is 7.92. The molecule has 1 heterocycles. The Kier molecular flexibility index (Phi) is 5.03. The SMILES string of the molecule is CC(C)N1CCC(CNC2CCc3cc(Br)ccc3C2)C1. The summed E-state index contributed by atoms with van der Waals surface area (Å²) in [6.45, 7) is 8.38. The summed E-state index contributed by atoms with van der Waals surface area (Å²) in [5, 5.41) is 3.84. The van der Waals surface area contributed by atoms with Gasteiger partial charge in [-0.05, 0) is 81.8 Å². The quantitative estimate of drug-likeness (QED) is 0.891. The summed E-state index contributed by atoms with van der Waals surface area (Å²) < 4.78 is 1.22. The van der Waals surface area contributed by atoms with Crippen molar-refractivity contribution in [1.82, 2.24) is 10.2 Å². The largest absolute Gasteiger partial charge is 0.313 e. The van der Waals surface area contributed by atoms with Gasteiger partial charge in [-0.25, -0.2) is 0 Å². The third-order valence-corrected chi connectivity index (χ3v) is 5.63. The maximum absolute atomic E-state index is 3.84. The molecule has 0 radical (unpaired) electrons. The Morgan fingerprint density at radius 1 is 1.29 bits per heavy atom. The van der Waals surface area contributed by atoms with Crippen molar-refractivity contribution < 1.29 is 0 Å². The van der Waals surface area contributed by atoms with Gasteiger partial charge < -0.3 is 10.2 Å². The molecule has 0 spiro atoms. The summed E-state index contributed by atoms with van der Waals surface area (Å²) in [4.78, 5) is 2.61. The zero-order chi connectivity index (χ0) is 14.8. The van der Waals surface area contributed by atoms with Crippen LogP contribution >= 0.6 is 15.9 Å². The van der Waals surface area contributed by atoms with Gasteiger partial charge in [-0.1, -0.05) is 22.0 Å². The van der Waals surface area contributed by atoms with E-state index in [2.05, 4.69) is 58.2 Å². The van der Waals surface area contributed by atoms with Crippen molar-refractivity contribution in [2.45, 2.75) is 51.6 Å². The van der Waals surface area contributed by atoms with Crippen LogP contribution < -0.4 is 5.32 Å². The fourth-order valence-corrected chi connectivity index (χ4v) is 4.14. The van der Waals surface area contributed by atoms with E-state index in [0.717, 1.165) is 5.92 Å². The van der Waals surface area contributed by atoms with Crippen molar-refractivity contribution in [2.24, 2.45) is 5.92 Å². The van der Waals surface area contributed by atoms with Crippen LogP contribution in [0.3, 0.4) is 0 Å². The topological polar surface area (TPSA) is 15.3 Å². The van der Waals surface area contributed by atoms with Crippen LogP contribution in [0.1, 0.15) is 37.8 Å². The predicted octanol–water partition coefficient (Wildman–Crippen LogP) is 3.63. The lowest BCUT2D eigenvalue weighted by Crippen LogP contribution is -2.38. The van der Waals surface area contributed by atoms with Crippen molar-refractivity contribution in [1.29, 1.82) is 0 Å². The lowest BCUT2D eigenvalue weighted by atomic mass is 9.88. The number of nitrogens with one attached hydrogen (secondary N) is 1. The number of rotatable bonds is 4. The van der Waals surface area contributed by atoms with Gasteiger partial charge in [0, 0.05) is 23.1 Å². The molecule has 0 aromatic heterocycles. The molecule has 2 aliphatic rings. The van der Waals surface area contributed by atoms with E-state index in [-0.39, 0.29) is 0 Å². The second kappa shape index (κ2) is 6.80. The Morgan fingerprint density at radius 3 is 2.90 bits per heavy atom. The molecule has 3 heteroatoms. The van der Waals surface area contributed by atoms with Gasteiger partial charge in [0.1, 0.15) is 0 Å². The fourth-order valence-electron chi connectivity index (χ4n) is 3.73. The van der Waals surface area contributed by atoms with Gasteiger partial charge in [-0.2, -0.15) is 0 Å². The maximum Gasteiger partial charge on any atom is 0.0178 e. The van der Waals surface area contributed by atoms with Crippen LogP contribution in [0.25, 0.3) is 0 Å². The summed E-state index contributed by atoms with van der Waals surface area (Å²) in [6, 6.07) is 8.15. The molecule has 1 aromatic carbocycles. The minimum absolute atomic E-state index is 0.673. The van der Waals surface area contributed by atoms with Gasteiger partial charge in [0.15, 0.2) is 0 Å². The summed E-state index contributed by atoms with van der Waals surface area (Å²) in [5.74, 6) is 0.846. The van der Waals surface area contributed by atoms with Crippen molar-refractivity contribution in [2.75, 3.05) is 19.6 Å². The number of hydrogen-bond acceptors (Lipinski definition) is 2. The maximum atomic E-state index is 3.84. The molecule has 0 amide bonds. The second-order valence-electron chi connectivity index (χ2n) is 7.00. The van der Waals surface area contributed by atoms with Crippen molar-refractivity contribution >= 4 is 15.9 Å². The normalized spacial score (nSPS) is 26.3. The highest BCUT2D eigenvalue weighted by Crippen LogP contribution is 2.25. The van der Waals surface area contributed by atoms with E-state index >= 15 is 0 Å². The highest BCUT2D eigenvalue weighted by molar-refractivity contribution is 9.10. The number of hydrogen-bond donors (Lipinski definition) is 1. The average molecular weight is 351 g/mol. The van der Waals surface area contributed by atoms with E-state index in [1.807, 2.05) is 0 Å². The first kappa shape index (κ1) is 15.5. The molecule has 0 bridgehead atoms. The summed E-state index contributed by atoms with van der Waals surface area (Å²) >= 11 is 3.58. The lowest BCUT2D eigenvalue weighted by molar-refractivity contribution is 0.262. The fraction of sp³-hybridized carbons (Fsp3) is 0.667. The minimum atomic E-state index is 0.673. The highest BCUT2D eigenvalue weighted by Gasteiger charge is 2.25. The molecular weight excluding hydrogens is 324 g/mol. The third kappa shape index (κ3) is 3.88. The molecule has 2 unspecified atom stereocenters. The molecule has 1 aliphatic heterocycles. The summed E-state index contributed by atoms with van der Waals surface area (Å²) in [7, 11) is 0. The Hall–Kier alpha value is -0.380. The average Bonchev–Trinajstić information content (AvgIpc) is 2.94. The monoisotopic (exact) mass is 350 g/mol. The van der Waals surface area contributed by atoms with Gasteiger partial charge in [0.2, 0.25) is 0 Å². The summed E-state index contributed by atoms with van der Waals surface area (Å²) in [5.41, 5.74) is 3.08. The molecule has 2 atom stereocenters. The van der Waals surface area contributed by atoms with Crippen LogP contribution in [0.2, 0.25) is 0 Å². The lowest BCUT2D eigenvalue weighted by Gasteiger charge is -2.27. The van der Waals surface area contributed by atoms with Gasteiger partial charge in [0.05, 0.1) is 0 Å². The van der Waals surface area contributed by atoms with Crippen LogP contribution in [0.5, 0.6) is 0 Å². The molecule has 116 valence electrons. The van der Waals surface area contributed by atoms with Crippen LogP contribution in [0.15, 0.2) is 22.7 Å². The summed E-state index contributed by atoms with van der Waals surface area (Å²) in [6.07, 6.45) is 5.06. The number of nitrogens with zero attached hydrogens (tertiary/aromatic N) is 1. The first-order chi connectivity index (χ1) is 10.1. The number of aryl methyl sites for hydroxylation is 1. The van der Waals surface area contributed by atoms with Crippen LogP contribution in [-0.4, -0.2) is 36.6 Å². The van der Waals surface area contributed by atoms with E-state index in [1.54, 1.807) is 0 Å². The van der Waals surface area contributed by atoms with Gasteiger partial charge in [-0.15, -0.1) is 0 Å². The number of likely N-dealkylation sites (tertiary alicyclic amines) is 1. The standard InChI is InChI=1S/C18H27BrN2/c1-13(2)21-8-7-14(12-21)11-20-18-6-4-15-9-17(19)5-3-16(15)10-18/h3,5,9,13-14,18,20H,4,6-8,10-12H2,1-2H3. The van der Waals surface area contributed by atoms with E-state index in [9.17, 15) is 0 Å². The van der Waals surface area contributed by atoms with Gasteiger partial charge >= 0.3 is 0 Å². The molecule has 1 saturated heterocycles. The smallest absolute Gasteiger partial charge is 0.0178 e. The Labute approximate surface area is 137 Å². The van der Waals surface area contributed by atoms with Crippen molar-refractivity contribution in [3.63, 3.8) is 0 Å². The zero-order valence-corrected chi connectivity index (χ0v) is 14.8. The highest BCUT2D eigenvalue weighted by atomic mass is 79.9. The first-order valence-electron chi connectivity index (χ1n) is 8.36. The molecule has 21 heavy (non-hydrogen) atoms. The molecular formula is C18H27BrN2. The number of fused-ring (bicyclic) bond motifs is 1. The Morgan fingerprint density at radius 2 is 2.14 bits per heavy atom. The molecule has 0 saturated carbocycles. The molecule has 1 N–H and O–H groups in total. The zero-order valence-electron chi connectivity index (χ0n) is 13.2. The van der Waals surface area contributed by atoms with Crippen LogP contribution in [-0.2, 0) is 12.8 Å². The van der Waals surface area contributed by atoms with Gasteiger partial charge in [-0.3, -0.25) is 0 Å². The predicted molar refractivity (Wildman–Crippen MR) is 92.8 cm³/mol. The molecule has 1 aliphatic carbocycles. The van der Waals surface area contributed by atoms with E-state index < -0.39 is 0 Å². The Balaban J connectivity index is 1.48. The van der Waals surface area contributed by atoms with Crippen molar-refractivity contribution in [3.8, 4) is 0 Å². The first-order valence-corrected chi connectivity index (χ1v) is 9.16. The van der Waals surface area contributed by atoms with Crippen molar-refractivity contribution in [3.05, 3.63) is 33.8 Å². The molecule has 2 nitrogen and oxygen atoms in total. The Bertz CT molecular complexity index is 486. The molecule has 3 rings (SSSR count). The van der Waals surface area contributed by atoms with E-state index in [0.29, 0.717) is 12.1 Å². The number of halogens is 1. The van der Waals surface area contributed by atoms with Gasteiger partial charge in [0.25, 0.3) is 0 Å². The third-order valence-electron chi connectivity index (χ3n) is 5.14. The minimum Gasteiger partial charge on any atom is -0.313 e. The molecule has 1 aromatic rings.